The minimum Gasteiger partial charge on any atom is -0.478 e. The molecule has 0 bridgehead atoms. The molecule has 1 aliphatic rings. The number of anilines is 1. The predicted octanol–water partition coefficient (Wildman–Crippen LogP) is 3.75. The average molecular weight is 321 g/mol. The van der Waals surface area contributed by atoms with Gasteiger partial charge in [-0.05, 0) is 37.8 Å². The summed E-state index contributed by atoms with van der Waals surface area (Å²) in [6, 6.07) is 10.4. The molecule has 122 valence electrons. The summed E-state index contributed by atoms with van der Waals surface area (Å²) in [6.45, 7) is 3.91. The van der Waals surface area contributed by atoms with Gasteiger partial charge in [0, 0.05) is 11.9 Å². The fourth-order valence-corrected chi connectivity index (χ4v) is 3.50. The van der Waals surface area contributed by atoms with Crippen LogP contribution in [-0.4, -0.2) is 20.5 Å². The van der Waals surface area contributed by atoms with E-state index in [1.165, 1.54) is 5.56 Å². The number of fused-ring (bicyclic) bond motifs is 3. The molecule has 0 fully saturated rings. The van der Waals surface area contributed by atoms with Crippen LogP contribution in [0.1, 0.15) is 45.3 Å². The zero-order valence-corrected chi connectivity index (χ0v) is 13.7. The monoisotopic (exact) mass is 321 g/mol. The Morgan fingerprint density at radius 2 is 2.04 bits per heavy atom. The molecule has 0 saturated carbocycles. The van der Waals surface area contributed by atoms with Crippen LogP contribution in [0.15, 0.2) is 36.5 Å². The number of imidazole rings is 1. The molecule has 0 unspecified atom stereocenters. The number of aromatic carboxylic acids is 1. The van der Waals surface area contributed by atoms with Gasteiger partial charge in [0.1, 0.15) is 0 Å². The van der Waals surface area contributed by atoms with E-state index < -0.39 is 5.97 Å². The third-order valence-electron chi connectivity index (χ3n) is 4.93. The van der Waals surface area contributed by atoms with Gasteiger partial charge >= 0.3 is 5.97 Å². The molecule has 5 heteroatoms. The number of pyridine rings is 1. The molecule has 2 N–H and O–H groups in total. The van der Waals surface area contributed by atoms with E-state index >= 15 is 0 Å². The highest BCUT2D eigenvalue weighted by atomic mass is 16.4. The number of carboxylic acid groups (broad SMARTS) is 1. The number of hydrogen-bond acceptors (Lipinski definition) is 3. The van der Waals surface area contributed by atoms with Crippen molar-refractivity contribution in [1.82, 2.24) is 9.38 Å². The summed E-state index contributed by atoms with van der Waals surface area (Å²) in [5.74, 6) is -0.890. The minimum absolute atomic E-state index is 0.170. The first-order valence-corrected chi connectivity index (χ1v) is 8.12. The van der Waals surface area contributed by atoms with Gasteiger partial charge in [-0.25, -0.2) is 9.78 Å². The zero-order chi connectivity index (χ0) is 16.8. The van der Waals surface area contributed by atoms with Gasteiger partial charge in [0.05, 0.1) is 23.0 Å². The third kappa shape index (κ3) is 2.16. The Bertz CT molecular complexity index is 944. The maximum Gasteiger partial charge on any atom is 0.337 e. The molecule has 4 rings (SSSR count). The summed E-state index contributed by atoms with van der Waals surface area (Å²) in [4.78, 5) is 16.4. The predicted molar refractivity (Wildman–Crippen MR) is 92.8 cm³/mol. The number of nitrogens with zero attached hydrogens (tertiary/aromatic N) is 2. The second-order valence-corrected chi connectivity index (χ2v) is 6.32. The fourth-order valence-electron chi connectivity index (χ4n) is 3.50. The van der Waals surface area contributed by atoms with Crippen LogP contribution < -0.4 is 5.32 Å². The van der Waals surface area contributed by atoms with Crippen molar-refractivity contribution in [2.24, 2.45) is 0 Å². The van der Waals surface area contributed by atoms with Crippen LogP contribution in [0.25, 0.3) is 5.65 Å². The van der Waals surface area contributed by atoms with Crippen LogP contribution in [0.5, 0.6) is 0 Å². The SMILES string of the molecule is Cc1nc2c3c(c(C(=O)O)cn2c1C)CC[C@@H](c1ccccc1)N3. The molecular formula is C19H19N3O2. The first-order valence-electron chi connectivity index (χ1n) is 8.12. The number of benzene rings is 1. The van der Waals surface area contributed by atoms with Crippen LogP contribution >= 0.6 is 0 Å². The maximum absolute atomic E-state index is 11.7. The summed E-state index contributed by atoms with van der Waals surface area (Å²) >= 11 is 0. The van der Waals surface area contributed by atoms with E-state index in [0.717, 1.165) is 41.1 Å². The van der Waals surface area contributed by atoms with Crippen molar-refractivity contribution >= 4 is 17.3 Å². The number of carbonyl (C=O) groups is 1. The highest BCUT2D eigenvalue weighted by Gasteiger charge is 2.27. The fraction of sp³-hybridized carbons (Fsp3) is 0.263. The third-order valence-corrected chi connectivity index (χ3v) is 4.93. The molecule has 0 spiro atoms. The number of aromatic nitrogens is 2. The van der Waals surface area contributed by atoms with Crippen LogP contribution in [0, 0.1) is 13.8 Å². The van der Waals surface area contributed by atoms with E-state index in [0.29, 0.717) is 5.56 Å². The van der Waals surface area contributed by atoms with Crippen molar-refractivity contribution in [3.63, 3.8) is 0 Å². The minimum atomic E-state index is -0.890. The van der Waals surface area contributed by atoms with Gasteiger partial charge < -0.3 is 14.8 Å². The van der Waals surface area contributed by atoms with Gasteiger partial charge in [0.2, 0.25) is 0 Å². The molecule has 0 saturated heterocycles. The van der Waals surface area contributed by atoms with Gasteiger partial charge in [0.25, 0.3) is 0 Å². The number of nitrogens with one attached hydrogen (secondary N) is 1. The Hall–Kier alpha value is -2.82. The first kappa shape index (κ1) is 14.8. The van der Waals surface area contributed by atoms with E-state index in [9.17, 15) is 9.90 Å². The molecule has 3 aromatic rings. The molecule has 1 atom stereocenters. The quantitative estimate of drug-likeness (QED) is 0.754. The lowest BCUT2D eigenvalue weighted by molar-refractivity contribution is 0.0695. The Morgan fingerprint density at radius 1 is 1.29 bits per heavy atom. The van der Waals surface area contributed by atoms with Crippen LogP contribution in [0.2, 0.25) is 0 Å². The van der Waals surface area contributed by atoms with Crippen LogP contribution in [0.3, 0.4) is 0 Å². The second-order valence-electron chi connectivity index (χ2n) is 6.32. The lowest BCUT2D eigenvalue weighted by Gasteiger charge is -2.28. The highest BCUT2D eigenvalue weighted by molar-refractivity contribution is 5.94. The zero-order valence-electron chi connectivity index (χ0n) is 13.7. The van der Waals surface area contributed by atoms with E-state index in [-0.39, 0.29) is 6.04 Å². The number of aryl methyl sites for hydroxylation is 2. The Balaban J connectivity index is 1.91. The number of carboxylic acids is 1. The van der Waals surface area contributed by atoms with E-state index in [1.54, 1.807) is 6.20 Å². The molecule has 0 amide bonds. The maximum atomic E-state index is 11.7. The Labute approximate surface area is 140 Å². The average Bonchev–Trinajstić information content (AvgIpc) is 2.89. The van der Waals surface area contributed by atoms with Crippen molar-refractivity contribution in [2.75, 3.05) is 5.32 Å². The van der Waals surface area contributed by atoms with Gasteiger partial charge in [-0.3, -0.25) is 0 Å². The lowest BCUT2D eigenvalue weighted by Crippen LogP contribution is -2.21. The van der Waals surface area contributed by atoms with E-state index in [2.05, 4.69) is 22.4 Å². The Morgan fingerprint density at radius 3 is 2.75 bits per heavy atom. The topological polar surface area (TPSA) is 66.6 Å². The summed E-state index contributed by atoms with van der Waals surface area (Å²) in [5.41, 5.74) is 5.98. The van der Waals surface area contributed by atoms with E-state index in [1.807, 2.05) is 36.4 Å². The molecule has 0 aliphatic carbocycles. The van der Waals surface area contributed by atoms with Crippen molar-refractivity contribution in [2.45, 2.75) is 32.7 Å². The largest absolute Gasteiger partial charge is 0.478 e. The summed E-state index contributed by atoms with van der Waals surface area (Å²) < 4.78 is 1.89. The number of rotatable bonds is 2. The molecule has 1 aliphatic heterocycles. The summed E-state index contributed by atoms with van der Waals surface area (Å²) in [7, 11) is 0. The molecule has 1 aromatic carbocycles. The van der Waals surface area contributed by atoms with Crippen molar-refractivity contribution in [1.29, 1.82) is 0 Å². The lowest BCUT2D eigenvalue weighted by atomic mass is 9.91. The number of hydrogen-bond donors (Lipinski definition) is 2. The van der Waals surface area contributed by atoms with Crippen molar-refractivity contribution in [3.05, 3.63) is 64.6 Å². The standard InChI is InChI=1S/C19H19N3O2/c1-11-12(2)22-10-15(19(23)24)14-8-9-16(13-6-4-3-5-7-13)21-17(14)18(22)20-11/h3-7,10,16,21H,8-9H2,1-2H3,(H,23,24)/t16-/m0/s1. The molecule has 24 heavy (non-hydrogen) atoms. The smallest absolute Gasteiger partial charge is 0.337 e. The molecule has 5 nitrogen and oxygen atoms in total. The van der Waals surface area contributed by atoms with Crippen LogP contribution in [-0.2, 0) is 6.42 Å². The normalized spacial score (nSPS) is 16.7. The summed E-state index contributed by atoms with van der Waals surface area (Å²) in [5, 5.41) is 13.2. The van der Waals surface area contributed by atoms with Crippen LogP contribution in [0.4, 0.5) is 5.69 Å². The Kier molecular flexibility index (Phi) is 3.30. The molecule has 2 aromatic heterocycles. The van der Waals surface area contributed by atoms with Crippen molar-refractivity contribution < 1.29 is 9.90 Å². The molecule has 0 radical (unpaired) electrons. The highest BCUT2D eigenvalue weighted by Crippen LogP contribution is 2.37. The van der Waals surface area contributed by atoms with Gasteiger partial charge in [-0.1, -0.05) is 30.3 Å². The molecule has 3 heterocycles. The van der Waals surface area contributed by atoms with Gasteiger partial charge in [-0.15, -0.1) is 0 Å². The summed E-state index contributed by atoms with van der Waals surface area (Å²) in [6.07, 6.45) is 3.30. The second kappa shape index (κ2) is 5.37. The van der Waals surface area contributed by atoms with Crippen molar-refractivity contribution in [3.8, 4) is 0 Å². The van der Waals surface area contributed by atoms with E-state index in [4.69, 9.17) is 0 Å². The first-order chi connectivity index (χ1) is 11.6. The van der Waals surface area contributed by atoms with Gasteiger partial charge in [-0.2, -0.15) is 0 Å². The van der Waals surface area contributed by atoms with Gasteiger partial charge in [0.15, 0.2) is 5.65 Å². The molecular weight excluding hydrogens is 302 g/mol.